The average Bonchev–Trinajstić information content (AvgIpc) is 2.67. The van der Waals surface area contributed by atoms with Crippen molar-refractivity contribution in [3.63, 3.8) is 0 Å². The van der Waals surface area contributed by atoms with Gasteiger partial charge in [-0.1, -0.05) is 17.7 Å². The van der Waals surface area contributed by atoms with Crippen LogP contribution in [0.1, 0.15) is 18.1 Å². The summed E-state index contributed by atoms with van der Waals surface area (Å²) in [5, 5.41) is 0. The first-order valence-corrected chi connectivity index (χ1v) is 7.32. The first kappa shape index (κ1) is 14.6. The molecule has 2 heterocycles. The molecule has 1 aromatic carbocycles. The summed E-state index contributed by atoms with van der Waals surface area (Å²) >= 11 is 0. The Labute approximate surface area is 128 Å². The number of fused-ring (bicyclic) bond motifs is 2. The van der Waals surface area contributed by atoms with Crippen LogP contribution in [0, 0.1) is 6.92 Å². The first-order valence-electron chi connectivity index (χ1n) is 7.32. The van der Waals surface area contributed by atoms with Crippen LogP contribution in [0.3, 0.4) is 0 Å². The average molecular weight is 302 g/mol. The first-order chi connectivity index (χ1) is 10.5. The topological polar surface area (TPSA) is 66.9 Å². The number of likely N-dealkylation sites (tertiary alicyclic amines) is 1. The van der Waals surface area contributed by atoms with Crippen molar-refractivity contribution < 1.29 is 19.1 Å². The van der Waals surface area contributed by atoms with E-state index in [1.807, 2.05) is 25.1 Å². The Hall–Kier alpha value is -2.37. The summed E-state index contributed by atoms with van der Waals surface area (Å²) in [5.74, 6) is -0.110. The molecule has 6 heteroatoms. The van der Waals surface area contributed by atoms with Gasteiger partial charge in [-0.3, -0.25) is 4.79 Å². The van der Waals surface area contributed by atoms with Crippen LogP contribution in [0.5, 0.6) is 0 Å². The number of anilines is 1. The third-order valence-electron chi connectivity index (χ3n) is 4.32. The Morgan fingerprint density at radius 1 is 1.41 bits per heavy atom. The lowest BCUT2D eigenvalue weighted by Crippen LogP contribution is -2.65. The molecule has 0 aromatic heterocycles. The molecule has 0 aliphatic carbocycles. The van der Waals surface area contributed by atoms with E-state index in [0.717, 1.165) is 23.1 Å². The Morgan fingerprint density at radius 3 is 2.77 bits per heavy atom. The number of benzene rings is 1. The summed E-state index contributed by atoms with van der Waals surface area (Å²) < 4.78 is 4.98. The van der Waals surface area contributed by atoms with E-state index in [0.29, 0.717) is 19.7 Å². The van der Waals surface area contributed by atoms with Gasteiger partial charge in [0.2, 0.25) is 5.91 Å². The molecule has 116 valence electrons. The third kappa shape index (κ3) is 1.90. The summed E-state index contributed by atoms with van der Waals surface area (Å²) in [6.07, 6.45) is 0.325. The largest absolute Gasteiger partial charge is 0.450 e. The van der Waals surface area contributed by atoms with Crippen molar-refractivity contribution in [2.24, 2.45) is 0 Å². The van der Waals surface area contributed by atoms with Gasteiger partial charge in [-0.2, -0.15) is 0 Å². The van der Waals surface area contributed by atoms with Crippen molar-refractivity contribution in [2.75, 3.05) is 31.1 Å². The van der Waals surface area contributed by atoms with Crippen molar-refractivity contribution in [2.45, 2.75) is 19.3 Å². The fraction of sp³-hybridized carbons (Fsp3) is 0.438. The van der Waals surface area contributed by atoms with E-state index in [1.54, 1.807) is 6.92 Å². The zero-order chi connectivity index (χ0) is 15.9. The van der Waals surface area contributed by atoms with Crippen LogP contribution >= 0.6 is 0 Å². The SMILES string of the molecule is CCOC(=O)N1CC2(C1)C(=O)N(CC=O)c1ccc(C)cc12. The molecule has 3 rings (SSSR count). The van der Waals surface area contributed by atoms with Crippen LogP contribution in [0.2, 0.25) is 0 Å². The van der Waals surface area contributed by atoms with Gasteiger partial charge in [0, 0.05) is 18.8 Å². The highest BCUT2D eigenvalue weighted by Gasteiger charge is 2.59. The zero-order valence-corrected chi connectivity index (χ0v) is 12.7. The molecule has 0 N–H and O–H groups in total. The van der Waals surface area contributed by atoms with Gasteiger partial charge in [0.05, 0.1) is 13.2 Å². The summed E-state index contributed by atoms with van der Waals surface area (Å²) in [5.41, 5.74) is 2.00. The fourth-order valence-electron chi connectivity index (χ4n) is 3.26. The van der Waals surface area contributed by atoms with Crippen LogP contribution < -0.4 is 4.90 Å². The molecule has 0 bridgehead atoms. The molecule has 6 nitrogen and oxygen atoms in total. The van der Waals surface area contributed by atoms with E-state index in [9.17, 15) is 14.4 Å². The predicted octanol–water partition coefficient (Wildman–Crippen LogP) is 1.25. The lowest BCUT2D eigenvalue weighted by atomic mass is 9.74. The van der Waals surface area contributed by atoms with Gasteiger partial charge in [0.1, 0.15) is 11.7 Å². The number of carbonyl (C=O) groups is 3. The second-order valence-corrected chi connectivity index (χ2v) is 5.74. The molecule has 1 aromatic rings. The molecule has 1 fully saturated rings. The normalized spacial score (nSPS) is 18.2. The van der Waals surface area contributed by atoms with Gasteiger partial charge in [-0.15, -0.1) is 0 Å². The van der Waals surface area contributed by atoms with Gasteiger partial charge < -0.3 is 19.3 Å². The van der Waals surface area contributed by atoms with Gasteiger partial charge in [0.25, 0.3) is 0 Å². The number of amides is 2. The van der Waals surface area contributed by atoms with Gasteiger partial charge >= 0.3 is 6.09 Å². The molecule has 1 spiro atoms. The molecule has 22 heavy (non-hydrogen) atoms. The smallest absolute Gasteiger partial charge is 0.409 e. The van der Waals surface area contributed by atoms with E-state index in [1.165, 1.54) is 9.80 Å². The van der Waals surface area contributed by atoms with E-state index in [-0.39, 0.29) is 12.5 Å². The molecule has 2 aliphatic rings. The Bertz CT molecular complexity index is 650. The van der Waals surface area contributed by atoms with Gasteiger partial charge in [-0.05, 0) is 25.5 Å². The second-order valence-electron chi connectivity index (χ2n) is 5.74. The molecule has 0 radical (unpaired) electrons. The predicted molar refractivity (Wildman–Crippen MR) is 79.9 cm³/mol. The van der Waals surface area contributed by atoms with E-state index in [4.69, 9.17) is 4.74 Å². The monoisotopic (exact) mass is 302 g/mol. The van der Waals surface area contributed by atoms with E-state index < -0.39 is 11.5 Å². The molecule has 0 atom stereocenters. The standard InChI is InChI=1S/C16H18N2O4/c1-3-22-15(21)17-9-16(10-17)12-8-11(2)4-5-13(12)18(6-7-19)14(16)20/h4-5,7-8H,3,6,9-10H2,1-2H3. The van der Waals surface area contributed by atoms with E-state index in [2.05, 4.69) is 0 Å². The quantitative estimate of drug-likeness (QED) is 0.788. The lowest BCUT2D eigenvalue weighted by Gasteiger charge is -2.45. The number of aldehydes is 1. The number of ether oxygens (including phenoxy) is 1. The molecular formula is C16H18N2O4. The molecule has 2 amide bonds. The van der Waals surface area contributed by atoms with E-state index >= 15 is 0 Å². The van der Waals surface area contributed by atoms with Crippen LogP contribution in [-0.4, -0.2) is 49.4 Å². The number of nitrogens with zero attached hydrogens (tertiary/aromatic N) is 2. The summed E-state index contributed by atoms with van der Waals surface area (Å²) in [7, 11) is 0. The van der Waals surface area contributed by atoms with Gasteiger partial charge in [-0.25, -0.2) is 4.79 Å². The summed E-state index contributed by atoms with van der Waals surface area (Å²) in [6, 6.07) is 5.76. The number of rotatable bonds is 3. The number of hydrogen-bond acceptors (Lipinski definition) is 4. The van der Waals surface area contributed by atoms with Crippen molar-refractivity contribution in [1.82, 2.24) is 4.90 Å². The van der Waals surface area contributed by atoms with Crippen molar-refractivity contribution in [3.05, 3.63) is 29.3 Å². The van der Waals surface area contributed by atoms with Crippen molar-refractivity contribution in [3.8, 4) is 0 Å². The molecule has 0 unspecified atom stereocenters. The number of hydrogen-bond donors (Lipinski definition) is 0. The highest BCUT2D eigenvalue weighted by molar-refractivity contribution is 6.11. The maximum absolute atomic E-state index is 12.8. The zero-order valence-electron chi connectivity index (χ0n) is 12.7. The van der Waals surface area contributed by atoms with Crippen LogP contribution in [-0.2, 0) is 19.7 Å². The van der Waals surface area contributed by atoms with Crippen LogP contribution in [0.25, 0.3) is 0 Å². The minimum atomic E-state index is -0.725. The van der Waals surface area contributed by atoms with Crippen LogP contribution in [0.4, 0.5) is 10.5 Å². The molecular weight excluding hydrogens is 284 g/mol. The maximum Gasteiger partial charge on any atom is 0.409 e. The Kier molecular flexibility index (Phi) is 3.39. The number of aryl methyl sites for hydroxylation is 1. The maximum atomic E-state index is 12.8. The number of carbonyl (C=O) groups excluding carboxylic acids is 3. The summed E-state index contributed by atoms with van der Waals surface area (Å²) in [4.78, 5) is 38.5. The molecule has 2 aliphatic heterocycles. The summed E-state index contributed by atoms with van der Waals surface area (Å²) in [6.45, 7) is 4.66. The lowest BCUT2D eigenvalue weighted by molar-refractivity contribution is -0.129. The van der Waals surface area contributed by atoms with Crippen LogP contribution in [0.15, 0.2) is 18.2 Å². The Balaban J connectivity index is 1.94. The highest BCUT2D eigenvalue weighted by atomic mass is 16.6. The minimum Gasteiger partial charge on any atom is -0.450 e. The second kappa shape index (κ2) is 5.12. The highest BCUT2D eigenvalue weighted by Crippen LogP contribution is 2.47. The van der Waals surface area contributed by atoms with Gasteiger partial charge in [0.15, 0.2) is 0 Å². The fourth-order valence-corrected chi connectivity index (χ4v) is 3.26. The third-order valence-corrected chi connectivity index (χ3v) is 4.32. The Morgan fingerprint density at radius 2 is 2.14 bits per heavy atom. The van der Waals surface area contributed by atoms with Crippen molar-refractivity contribution >= 4 is 24.0 Å². The van der Waals surface area contributed by atoms with Crippen molar-refractivity contribution in [1.29, 1.82) is 0 Å². The minimum absolute atomic E-state index is 0.0377. The molecule has 0 saturated carbocycles. The molecule has 1 saturated heterocycles.